The molecule has 0 fully saturated rings. The highest BCUT2D eigenvalue weighted by Gasteiger charge is 2.14. The predicted molar refractivity (Wildman–Crippen MR) is 67.1 cm³/mol. The summed E-state index contributed by atoms with van der Waals surface area (Å²) < 4.78 is 0. The molecular weight excluding hydrogens is 212 g/mol. The van der Waals surface area contributed by atoms with Crippen molar-refractivity contribution in [3.63, 3.8) is 0 Å². The second-order valence-electron chi connectivity index (χ2n) is 3.75. The molecule has 0 spiro atoms. The Balaban J connectivity index is 3.10. The molecule has 0 unspecified atom stereocenters. The number of para-hydroxylation sites is 1. The first-order valence-electron chi connectivity index (χ1n) is 5.58. The maximum absolute atomic E-state index is 8.78. The normalized spacial score (nSPS) is 11.3. The van der Waals surface area contributed by atoms with Gasteiger partial charge in [0.2, 0.25) is 0 Å². The molecule has 0 saturated heterocycles. The maximum Gasteiger partial charge on any atom is 0.106 e. The predicted octanol–water partition coefficient (Wildman–Crippen LogP) is 1.95. The van der Waals surface area contributed by atoms with E-state index in [-0.39, 0.29) is 19.1 Å². The van der Waals surface area contributed by atoms with E-state index in [4.69, 9.17) is 16.3 Å². The van der Waals surface area contributed by atoms with Gasteiger partial charge in [0.15, 0.2) is 0 Å². The van der Waals surface area contributed by atoms with Crippen LogP contribution in [-0.2, 0) is 0 Å². The first-order valence-corrected chi connectivity index (χ1v) is 5.58. The van der Waals surface area contributed by atoms with Gasteiger partial charge >= 0.3 is 0 Å². The fraction of sp³-hybridized carbons (Fsp3) is 0.385. The van der Waals surface area contributed by atoms with Crippen molar-refractivity contribution in [3.05, 3.63) is 29.8 Å². The van der Waals surface area contributed by atoms with Crippen molar-refractivity contribution < 1.29 is 0 Å². The molecule has 0 heterocycles. The van der Waals surface area contributed by atoms with Gasteiger partial charge in [0.05, 0.1) is 12.1 Å². The Labute approximate surface area is 102 Å². The van der Waals surface area contributed by atoms with Gasteiger partial charge in [0, 0.05) is 11.7 Å². The van der Waals surface area contributed by atoms with Crippen LogP contribution in [0.1, 0.15) is 24.9 Å². The molecule has 0 bridgehead atoms. The molecule has 1 atom stereocenters. The van der Waals surface area contributed by atoms with Crippen LogP contribution in [0.15, 0.2) is 24.3 Å². The van der Waals surface area contributed by atoms with Crippen LogP contribution >= 0.6 is 0 Å². The van der Waals surface area contributed by atoms with Crippen molar-refractivity contribution in [3.8, 4) is 12.1 Å². The lowest BCUT2D eigenvalue weighted by Crippen LogP contribution is -2.26. The summed E-state index contributed by atoms with van der Waals surface area (Å²) in [4.78, 5) is 1.74. The van der Waals surface area contributed by atoms with Gasteiger partial charge in [0.25, 0.3) is 0 Å². The van der Waals surface area contributed by atoms with Crippen molar-refractivity contribution >= 4 is 5.69 Å². The van der Waals surface area contributed by atoms with Crippen LogP contribution in [0.3, 0.4) is 0 Å². The van der Waals surface area contributed by atoms with Gasteiger partial charge in [-0.3, -0.25) is 0 Å². The molecule has 0 radical (unpaired) electrons. The number of anilines is 1. The van der Waals surface area contributed by atoms with Crippen molar-refractivity contribution in [1.82, 2.24) is 0 Å². The van der Waals surface area contributed by atoms with Crippen molar-refractivity contribution in [2.75, 3.05) is 18.0 Å². The molecule has 0 saturated carbocycles. The number of nitrogens with two attached hydrogens (primary N) is 1. The number of hydrogen-bond acceptors (Lipinski definition) is 4. The lowest BCUT2D eigenvalue weighted by molar-refractivity contribution is 0.695. The highest BCUT2D eigenvalue weighted by Crippen LogP contribution is 2.26. The molecule has 1 aromatic carbocycles. The minimum atomic E-state index is -0.0638. The van der Waals surface area contributed by atoms with Crippen LogP contribution in [0.4, 0.5) is 5.69 Å². The summed E-state index contributed by atoms with van der Waals surface area (Å²) in [6, 6.07) is 11.7. The number of rotatable bonds is 5. The highest BCUT2D eigenvalue weighted by atomic mass is 15.1. The van der Waals surface area contributed by atoms with E-state index in [2.05, 4.69) is 12.1 Å². The maximum atomic E-state index is 8.78. The summed E-state index contributed by atoms with van der Waals surface area (Å²) in [7, 11) is 0. The second-order valence-corrected chi connectivity index (χ2v) is 3.75. The average molecular weight is 228 g/mol. The molecule has 1 aromatic rings. The van der Waals surface area contributed by atoms with Crippen molar-refractivity contribution in [2.45, 2.75) is 19.4 Å². The van der Waals surface area contributed by atoms with Gasteiger partial charge in [-0.25, -0.2) is 0 Å². The van der Waals surface area contributed by atoms with Gasteiger partial charge in [-0.2, -0.15) is 10.5 Å². The van der Waals surface area contributed by atoms with Crippen LogP contribution < -0.4 is 10.6 Å². The molecule has 0 aliphatic carbocycles. The quantitative estimate of drug-likeness (QED) is 0.781. The van der Waals surface area contributed by atoms with Gasteiger partial charge in [-0.15, -0.1) is 0 Å². The minimum Gasteiger partial charge on any atom is -0.345 e. The van der Waals surface area contributed by atoms with Crippen LogP contribution in [-0.4, -0.2) is 13.1 Å². The van der Waals surface area contributed by atoms with E-state index in [1.54, 1.807) is 4.90 Å². The Morgan fingerprint density at radius 1 is 1.24 bits per heavy atom. The summed E-state index contributed by atoms with van der Waals surface area (Å²) in [6.07, 6.45) is 0.823. The molecule has 17 heavy (non-hydrogen) atoms. The summed E-state index contributed by atoms with van der Waals surface area (Å²) in [5.41, 5.74) is 7.90. The lowest BCUT2D eigenvalue weighted by atomic mass is 10.0. The largest absolute Gasteiger partial charge is 0.345 e. The minimum absolute atomic E-state index is 0.0638. The summed E-state index contributed by atoms with van der Waals surface area (Å²) in [5.74, 6) is 0. The van der Waals surface area contributed by atoms with Crippen molar-refractivity contribution in [1.29, 1.82) is 10.5 Å². The Morgan fingerprint density at radius 3 is 2.35 bits per heavy atom. The molecule has 1 rings (SSSR count). The van der Waals surface area contributed by atoms with E-state index < -0.39 is 0 Å². The van der Waals surface area contributed by atoms with Crippen molar-refractivity contribution in [2.24, 2.45) is 5.73 Å². The molecule has 4 nitrogen and oxygen atoms in total. The van der Waals surface area contributed by atoms with E-state index in [0.29, 0.717) is 0 Å². The number of nitriles is 2. The third kappa shape index (κ3) is 3.21. The van der Waals surface area contributed by atoms with Crippen LogP contribution in [0.25, 0.3) is 0 Å². The third-order valence-electron chi connectivity index (χ3n) is 2.64. The van der Waals surface area contributed by atoms with E-state index in [1.165, 1.54) is 0 Å². The van der Waals surface area contributed by atoms with Gasteiger partial charge in [-0.1, -0.05) is 25.1 Å². The average Bonchev–Trinajstić information content (AvgIpc) is 2.37. The van der Waals surface area contributed by atoms with Crippen LogP contribution in [0.2, 0.25) is 0 Å². The monoisotopic (exact) mass is 228 g/mol. The van der Waals surface area contributed by atoms with E-state index in [1.807, 2.05) is 31.2 Å². The Kier molecular flexibility index (Phi) is 5.00. The van der Waals surface area contributed by atoms with E-state index in [9.17, 15) is 0 Å². The zero-order valence-corrected chi connectivity index (χ0v) is 9.93. The van der Waals surface area contributed by atoms with E-state index >= 15 is 0 Å². The summed E-state index contributed by atoms with van der Waals surface area (Å²) in [6.45, 7) is 2.41. The fourth-order valence-electron chi connectivity index (χ4n) is 1.71. The Morgan fingerprint density at radius 2 is 1.82 bits per heavy atom. The zero-order valence-electron chi connectivity index (χ0n) is 9.93. The molecule has 88 valence electrons. The molecule has 2 N–H and O–H groups in total. The topological polar surface area (TPSA) is 76.8 Å². The number of hydrogen-bond donors (Lipinski definition) is 1. The number of benzene rings is 1. The van der Waals surface area contributed by atoms with Gasteiger partial charge in [-0.05, 0) is 18.1 Å². The Hall–Kier alpha value is -2.04. The molecule has 0 aliphatic heterocycles. The smallest absolute Gasteiger partial charge is 0.106 e. The molecule has 4 heteroatoms. The first-order chi connectivity index (χ1) is 8.24. The third-order valence-corrected chi connectivity index (χ3v) is 2.64. The first kappa shape index (κ1) is 13.0. The molecule has 0 amide bonds. The molecule has 0 aromatic heterocycles. The van der Waals surface area contributed by atoms with Gasteiger partial charge < -0.3 is 10.6 Å². The van der Waals surface area contributed by atoms with E-state index in [0.717, 1.165) is 17.7 Å². The highest BCUT2D eigenvalue weighted by molar-refractivity contribution is 5.56. The van der Waals surface area contributed by atoms with Crippen LogP contribution in [0, 0.1) is 22.7 Å². The standard InChI is InChI=1S/C13H16N4/c1-2-12(16)11-5-3-4-6-13(11)17(9-7-14)10-8-15/h3-6,12H,2,9-10,16H2,1H3/t12-/m0/s1. The Bertz CT molecular complexity index is 425. The lowest BCUT2D eigenvalue weighted by Gasteiger charge is -2.23. The second kappa shape index (κ2) is 6.52. The zero-order chi connectivity index (χ0) is 12.7. The fourth-order valence-corrected chi connectivity index (χ4v) is 1.71. The summed E-state index contributed by atoms with van der Waals surface area (Å²) >= 11 is 0. The molecule has 0 aliphatic rings. The van der Waals surface area contributed by atoms with Crippen LogP contribution in [0.5, 0.6) is 0 Å². The number of nitrogens with zero attached hydrogens (tertiary/aromatic N) is 3. The van der Waals surface area contributed by atoms with Gasteiger partial charge in [0.1, 0.15) is 13.1 Å². The molecular formula is C13H16N4. The SMILES string of the molecule is CC[C@H](N)c1ccccc1N(CC#N)CC#N. The summed E-state index contributed by atoms with van der Waals surface area (Å²) in [5, 5.41) is 17.6.